The third kappa shape index (κ3) is 2.82. The molecule has 0 saturated carbocycles. The van der Waals surface area contributed by atoms with Gasteiger partial charge in [-0.2, -0.15) is 5.10 Å². The molecule has 4 nitrogen and oxygen atoms in total. The van der Waals surface area contributed by atoms with E-state index in [1.54, 1.807) is 6.26 Å². The van der Waals surface area contributed by atoms with Gasteiger partial charge in [-0.1, -0.05) is 13.8 Å². The molecule has 0 aliphatic rings. The summed E-state index contributed by atoms with van der Waals surface area (Å²) in [6, 6.07) is 2.37. The molecule has 0 aliphatic carbocycles. The average molecular weight is 247 g/mol. The molecular weight excluding hydrogens is 226 g/mol. The summed E-state index contributed by atoms with van der Waals surface area (Å²) in [5, 5.41) is 7.74. The number of nitrogens with zero attached hydrogens (tertiary/aromatic N) is 2. The molecule has 2 aromatic heterocycles. The molecule has 0 bridgehead atoms. The summed E-state index contributed by atoms with van der Waals surface area (Å²) in [6.45, 7) is 5.19. The zero-order valence-electron chi connectivity index (χ0n) is 11.3. The van der Waals surface area contributed by atoms with Gasteiger partial charge in [-0.15, -0.1) is 0 Å². The lowest BCUT2D eigenvalue weighted by Gasteiger charge is -2.17. The SMILES string of the molecule is CCNC(Cc1cnn(C)c1)c1ccoc1CC. The highest BCUT2D eigenvalue weighted by Gasteiger charge is 2.17. The van der Waals surface area contributed by atoms with Crippen LogP contribution in [0.4, 0.5) is 0 Å². The second kappa shape index (κ2) is 5.87. The predicted molar refractivity (Wildman–Crippen MR) is 71.4 cm³/mol. The van der Waals surface area contributed by atoms with Crippen molar-refractivity contribution in [3.05, 3.63) is 41.6 Å². The summed E-state index contributed by atoms with van der Waals surface area (Å²) in [6.07, 6.45) is 7.64. The predicted octanol–water partition coefficient (Wildman–Crippen LogP) is 2.47. The minimum Gasteiger partial charge on any atom is -0.469 e. The monoisotopic (exact) mass is 247 g/mol. The standard InChI is InChI=1S/C14H21N3O/c1-4-14-12(6-7-18-14)13(15-5-2)8-11-9-16-17(3)10-11/h6-7,9-10,13,15H,4-5,8H2,1-3H3. The fourth-order valence-electron chi connectivity index (χ4n) is 2.30. The van der Waals surface area contributed by atoms with Crippen molar-refractivity contribution >= 4 is 0 Å². The molecule has 1 atom stereocenters. The largest absolute Gasteiger partial charge is 0.469 e. The second-order valence-corrected chi connectivity index (χ2v) is 4.49. The van der Waals surface area contributed by atoms with Crippen LogP contribution in [0.15, 0.2) is 29.1 Å². The van der Waals surface area contributed by atoms with Crippen molar-refractivity contribution in [2.45, 2.75) is 32.7 Å². The van der Waals surface area contributed by atoms with Gasteiger partial charge >= 0.3 is 0 Å². The van der Waals surface area contributed by atoms with Gasteiger partial charge in [-0.25, -0.2) is 0 Å². The van der Waals surface area contributed by atoms with Crippen molar-refractivity contribution in [2.75, 3.05) is 6.54 Å². The van der Waals surface area contributed by atoms with E-state index in [1.165, 1.54) is 11.1 Å². The summed E-state index contributed by atoms with van der Waals surface area (Å²) in [7, 11) is 1.95. The molecule has 0 spiro atoms. The maximum atomic E-state index is 5.52. The summed E-state index contributed by atoms with van der Waals surface area (Å²) < 4.78 is 7.36. The Morgan fingerprint density at radius 1 is 1.44 bits per heavy atom. The van der Waals surface area contributed by atoms with Crippen LogP contribution < -0.4 is 5.32 Å². The lowest BCUT2D eigenvalue weighted by Crippen LogP contribution is -2.23. The van der Waals surface area contributed by atoms with Crippen molar-refractivity contribution in [1.82, 2.24) is 15.1 Å². The molecule has 0 fully saturated rings. The van der Waals surface area contributed by atoms with E-state index in [1.807, 2.05) is 17.9 Å². The molecule has 2 aromatic rings. The smallest absolute Gasteiger partial charge is 0.108 e. The number of hydrogen-bond acceptors (Lipinski definition) is 3. The number of aryl methyl sites for hydroxylation is 2. The number of likely N-dealkylation sites (N-methyl/N-ethyl adjacent to an activating group) is 1. The Morgan fingerprint density at radius 2 is 2.28 bits per heavy atom. The van der Waals surface area contributed by atoms with E-state index in [0.717, 1.165) is 25.1 Å². The van der Waals surface area contributed by atoms with Crippen LogP contribution in [0.5, 0.6) is 0 Å². The highest BCUT2D eigenvalue weighted by Crippen LogP contribution is 2.23. The van der Waals surface area contributed by atoms with Crippen LogP contribution >= 0.6 is 0 Å². The number of aromatic nitrogens is 2. The first-order valence-corrected chi connectivity index (χ1v) is 6.51. The summed E-state index contributed by atoms with van der Waals surface area (Å²) >= 11 is 0. The van der Waals surface area contributed by atoms with E-state index >= 15 is 0 Å². The zero-order chi connectivity index (χ0) is 13.0. The van der Waals surface area contributed by atoms with Gasteiger partial charge in [0.05, 0.1) is 12.5 Å². The van der Waals surface area contributed by atoms with Gasteiger partial charge in [0.25, 0.3) is 0 Å². The summed E-state index contributed by atoms with van der Waals surface area (Å²) in [5.74, 6) is 1.07. The minimum atomic E-state index is 0.299. The average Bonchev–Trinajstić information content (AvgIpc) is 2.97. The minimum absolute atomic E-state index is 0.299. The molecule has 2 heterocycles. The lowest BCUT2D eigenvalue weighted by molar-refractivity contribution is 0.487. The third-order valence-electron chi connectivity index (χ3n) is 3.13. The van der Waals surface area contributed by atoms with Crippen molar-refractivity contribution in [3.8, 4) is 0 Å². The van der Waals surface area contributed by atoms with Crippen molar-refractivity contribution < 1.29 is 4.42 Å². The molecule has 4 heteroatoms. The fourth-order valence-corrected chi connectivity index (χ4v) is 2.30. The Labute approximate surface area is 108 Å². The van der Waals surface area contributed by atoms with Gasteiger partial charge in [-0.3, -0.25) is 4.68 Å². The Hall–Kier alpha value is -1.55. The molecular formula is C14H21N3O. The number of nitrogens with one attached hydrogen (secondary N) is 1. The van der Waals surface area contributed by atoms with Crippen LogP contribution in [0.3, 0.4) is 0 Å². The van der Waals surface area contributed by atoms with Gasteiger partial charge in [-0.05, 0) is 24.6 Å². The maximum absolute atomic E-state index is 5.52. The quantitative estimate of drug-likeness (QED) is 0.852. The Balaban J connectivity index is 2.17. The Bertz CT molecular complexity index is 487. The van der Waals surface area contributed by atoms with E-state index in [9.17, 15) is 0 Å². The van der Waals surface area contributed by atoms with Crippen LogP contribution in [0.2, 0.25) is 0 Å². The summed E-state index contributed by atoms with van der Waals surface area (Å²) in [4.78, 5) is 0. The van der Waals surface area contributed by atoms with Crippen LogP contribution in [0, 0.1) is 0 Å². The molecule has 0 saturated heterocycles. The summed E-state index contributed by atoms with van der Waals surface area (Å²) in [5.41, 5.74) is 2.51. The van der Waals surface area contributed by atoms with Crippen LogP contribution in [-0.4, -0.2) is 16.3 Å². The topological polar surface area (TPSA) is 43.0 Å². The van der Waals surface area contributed by atoms with Gasteiger partial charge in [0.15, 0.2) is 0 Å². The molecule has 98 valence electrons. The van der Waals surface area contributed by atoms with E-state index in [2.05, 4.69) is 36.5 Å². The van der Waals surface area contributed by atoms with Gasteiger partial charge in [0.1, 0.15) is 5.76 Å². The number of hydrogen-bond donors (Lipinski definition) is 1. The van der Waals surface area contributed by atoms with E-state index in [4.69, 9.17) is 4.42 Å². The zero-order valence-corrected chi connectivity index (χ0v) is 11.3. The Kier molecular flexibility index (Phi) is 4.20. The van der Waals surface area contributed by atoms with Crippen LogP contribution in [0.1, 0.15) is 36.8 Å². The van der Waals surface area contributed by atoms with E-state index < -0.39 is 0 Å². The van der Waals surface area contributed by atoms with Crippen molar-refractivity contribution in [3.63, 3.8) is 0 Å². The molecule has 1 unspecified atom stereocenters. The van der Waals surface area contributed by atoms with Gasteiger partial charge in [0, 0.05) is 31.3 Å². The van der Waals surface area contributed by atoms with E-state index in [0.29, 0.717) is 6.04 Å². The van der Waals surface area contributed by atoms with Crippen LogP contribution in [0.25, 0.3) is 0 Å². The molecule has 18 heavy (non-hydrogen) atoms. The van der Waals surface area contributed by atoms with Gasteiger partial charge < -0.3 is 9.73 Å². The maximum Gasteiger partial charge on any atom is 0.108 e. The van der Waals surface area contributed by atoms with Crippen LogP contribution in [-0.2, 0) is 19.9 Å². The first kappa shape index (κ1) is 12.9. The second-order valence-electron chi connectivity index (χ2n) is 4.49. The highest BCUT2D eigenvalue weighted by molar-refractivity contribution is 5.24. The number of rotatable bonds is 6. The van der Waals surface area contributed by atoms with Crippen molar-refractivity contribution in [1.29, 1.82) is 0 Å². The molecule has 0 radical (unpaired) electrons. The first-order chi connectivity index (χ1) is 8.74. The Morgan fingerprint density at radius 3 is 2.89 bits per heavy atom. The van der Waals surface area contributed by atoms with Gasteiger partial charge in [0.2, 0.25) is 0 Å². The molecule has 1 N–H and O–H groups in total. The van der Waals surface area contributed by atoms with Crippen molar-refractivity contribution in [2.24, 2.45) is 7.05 Å². The number of furan rings is 1. The normalized spacial score (nSPS) is 12.8. The molecule has 2 rings (SSSR count). The fraction of sp³-hybridized carbons (Fsp3) is 0.500. The molecule has 0 aromatic carbocycles. The lowest BCUT2D eigenvalue weighted by atomic mass is 10.00. The molecule has 0 aliphatic heterocycles. The molecule has 0 amide bonds. The first-order valence-electron chi connectivity index (χ1n) is 6.51. The third-order valence-corrected chi connectivity index (χ3v) is 3.13. The van der Waals surface area contributed by atoms with E-state index in [-0.39, 0.29) is 0 Å². The highest BCUT2D eigenvalue weighted by atomic mass is 16.3.